The third-order valence-electron chi connectivity index (χ3n) is 2.97. The highest BCUT2D eigenvalue weighted by Crippen LogP contribution is 2.30. The summed E-state index contributed by atoms with van der Waals surface area (Å²) in [6, 6.07) is 19.2. The van der Waals surface area contributed by atoms with Crippen LogP contribution in [-0.2, 0) is 6.54 Å². The molecule has 2 aromatic rings. The Labute approximate surface area is 120 Å². The number of benzene rings is 2. The van der Waals surface area contributed by atoms with Crippen LogP contribution in [0.3, 0.4) is 0 Å². The Morgan fingerprint density at radius 1 is 0.947 bits per heavy atom. The third kappa shape index (κ3) is 4.73. The topological polar surface area (TPSA) is 12.0 Å². The molecule has 0 aliphatic heterocycles. The summed E-state index contributed by atoms with van der Waals surface area (Å²) >= 11 is 1.84. The average Bonchev–Trinajstić information content (AvgIpc) is 2.46. The highest BCUT2D eigenvalue weighted by molar-refractivity contribution is 7.99. The summed E-state index contributed by atoms with van der Waals surface area (Å²) in [5.74, 6) is 0. The van der Waals surface area contributed by atoms with Gasteiger partial charge in [0.2, 0.25) is 0 Å². The number of unbranched alkanes of at least 4 members (excludes halogenated alkanes) is 1. The van der Waals surface area contributed by atoms with Gasteiger partial charge < -0.3 is 5.32 Å². The van der Waals surface area contributed by atoms with Gasteiger partial charge in [0.15, 0.2) is 0 Å². The lowest BCUT2D eigenvalue weighted by atomic mass is 10.2. The second-order valence-electron chi connectivity index (χ2n) is 4.55. The van der Waals surface area contributed by atoms with E-state index < -0.39 is 0 Å². The predicted octanol–water partition coefficient (Wildman–Crippen LogP) is 4.73. The largest absolute Gasteiger partial charge is 0.313 e. The van der Waals surface area contributed by atoms with Crippen molar-refractivity contribution in [3.8, 4) is 0 Å². The zero-order valence-corrected chi connectivity index (χ0v) is 12.2. The third-order valence-corrected chi connectivity index (χ3v) is 4.09. The molecule has 0 radical (unpaired) electrons. The molecular formula is C17H21NS. The van der Waals surface area contributed by atoms with Crippen LogP contribution in [0.2, 0.25) is 0 Å². The van der Waals surface area contributed by atoms with Crippen molar-refractivity contribution in [2.75, 3.05) is 6.54 Å². The van der Waals surface area contributed by atoms with Crippen LogP contribution < -0.4 is 5.32 Å². The Morgan fingerprint density at radius 2 is 1.68 bits per heavy atom. The van der Waals surface area contributed by atoms with Crippen molar-refractivity contribution in [3.63, 3.8) is 0 Å². The molecule has 0 bridgehead atoms. The number of nitrogens with one attached hydrogen (secondary N) is 1. The Kier molecular flexibility index (Phi) is 5.99. The number of rotatable bonds is 7. The molecule has 2 rings (SSSR count). The van der Waals surface area contributed by atoms with Crippen molar-refractivity contribution in [1.29, 1.82) is 0 Å². The molecule has 0 spiro atoms. The molecule has 1 nitrogen and oxygen atoms in total. The summed E-state index contributed by atoms with van der Waals surface area (Å²) in [7, 11) is 0. The van der Waals surface area contributed by atoms with Crippen molar-refractivity contribution in [1.82, 2.24) is 5.32 Å². The summed E-state index contributed by atoms with van der Waals surface area (Å²) in [6.07, 6.45) is 2.49. The van der Waals surface area contributed by atoms with Crippen molar-refractivity contribution >= 4 is 11.8 Å². The molecule has 0 aromatic heterocycles. The molecular weight excluding hydrogens is 250 g/mol. The normalized spacial score (nSPS) is 10.6. The minimum atomic E-state index is 0.954. The SMILES string of the molecule is CCCCNCc1ccccc1Sc1ccccc1. The van der Waals surface area contributed by atoms with E-state index in [0.717, 1.165) is 13.1 Å². The molecule has 0 saturated heterocycles. The van der Waals surface area contributed by atoms with Gasteiger partial charge >= 0.3 is 0 Å². The van der Waals surface area contributed by atoms with E-state index in [1.54, 1.807) is 0 Å². The van der Waals surface area contributed by atoms with Crippen LogP contribution in [-0.4, -0.2) is 6.54 Å². The molecule has 0 aliphatic carbocycles. The maximum Gasteiger partial charge on any atom is 0.0216 e. The zero-order valence-electron chi connectivity index (χ0n) is 11.4. The fourth-order valence-corrected chi connectivity index (χ4v) is 2.85. The number of hydrogen-bond donors (Lipinski definition) is 1. The van der Waals surface area contributed by atoms with E-state index in [2.05, 4.69) is 66.8 Å². The number of hydrogen-bond acceptors (Lipinski definition) is 2. The van der Waals surface area contributed by atoms with E-state index in [1.807, 2.05) is 11.8 Å². The monoisotopic (exact) mass is 271 g/mol. The molecule has 2 aromatic carbocycles. The first-order chi connectivity index (χ1) is 9.40. The molecule has 0 amide bonds. The lowest BCUT2D eigenvalue weighted by molar-refractivity contribution is 0.637. The molecule has 1 N–H and O–H groups in total. The van der Waals surface area contributed by atoms with Gasteiger partial charge in [-0.05, 0) is 36.7 Å². The van der Waals surface area contributed by atoms with Gasteiger partial charge in [-0.15, -0.1) is 0 Å². The first-order valence-corrected chi connectivity index (χ1v) is 7.73. The summed E-state index contributed by atoms with van der Waals surface area (Å²) < 4.78 is 0. The van der Waals surface area contributed by atoms with E-state index in [1.165, 1.54) is 28.2 Å². The van der Waals surface area contributed by atoms with Gasteiger partial charge in [-0.1, -0.05) is 61.5 Å². The quantitative estimate of drug-likeness (QED) is 0.731. The summed E-state index contributed by atoms with van der Waals surface area (Å²) in [5, 5.41) is 3.52. The lowest BCUT2D eigenvalue weighted by Gasteiger charge is -2.10. The molecule has 0 aliphatic rings. The molecule has 0 fully saturated rings. The Balaban J connectivity index is 2.00. The Morgan fingerprint density at radius 3 is 2.47 bits per heavy atom. The van der Waals surface area contributed by atoms with E-state index in [-0.39, 0.29) is 0 Å². The molecule has 0 saturated carbocycles. The molecule has 100 valence electrons. The minimum absolute atomic E-state index is 0.954. The highest BCUT2D eigenvalue weighted by Gasteiger charge is 2.03. The van der Waals surface area contributed by atoms with Crippen molar-refractivity contribution in [2.24, 2.45) is 0 Å². The van der Waals surface area contributed by atoms with Gasteiger partial charge in [-0.3, -0.25) is 0 Å². The fraction of sp³-hybridized carbons (Fsp3) is 0.294. The second kappa shape index (κ2) is 8.03. The summed E-state index contributed by atoms with van der Waals surface area (Å²) in [5.41, 5.74) is 1.38. The standard InChI is InChI=1S/C17H21NS/c1-2-3-13-18-14-15-9-7-8-12-17(15)19-16-10-5-4-6-11-16/h4-12,18H,2-3,13-14H2,1H3. The van der Waals surface area contributed by atoms with E-state index >= 15 is 0 Å². The van der Waals surface area contributed by atoms with Crippen molar-refractivity contribution in [3.05, 3.63) is 60.2 Å². The van der Waals surface area contributed by atoms with Gasteiger partial charge in [0.1, 0.15) is 0 Å². The molecule has 0 heterocycles. The Bertz CT molecular complexity index is 482. The van der Waals surface area contributed by atoms with Gasteiger partial charge in [0, 0.05) is 16.3 Å². The first-order valence-electron chi connectivity index (χ1n) is 6.91. The average molecular weight is 271 g/mol. The van der Waals surface area contributed by atoms with Crippen LogP contribution in [0.5, 0.6) is 0 Å². The second-order valence-corrected chi connectivity index (χ2v) is 5.67. The zero-order chi connectivity index (χ0) is 13.3. The maximum atomic E-state index is 3.52. The van der Waals surface area contributed by atoms with Crippen molar-refractivity contribution < 1.29 is 0 Å². The van der Waals surface area contributed by atoms with Gasteiger partial charge in [-0.25, -0.2) is 0 Å². The van der Waals surface area contributed by atoms with Gasteiger partial charge in [0.05, 0.1) is 0 Å². The first kappa shape index (κ1) is 14.2. The van der Waals surface area contributed by atoms with E-state index in [9.17, 15) is 0 Å². The highest BCUT2D eigenvalue weighted by atomic mass is 32.2. The summed E-state index contributed by atoms with van der Waals surface area (Å²) in [6.45, 7) is 4.28. The molecule has 0 atom stereocenters. The van der Waals surface area contributed by atoms with Crippen molar-refractivity contribution in [2.45, 2.75) is 36.1 Å². The lowest BCUT2D eigenvalue weighted by Crippen LogP contribution is -2.14. The van der Waals surface area contributed by atoms with Crippen LogP contribution in [0, 0.1) is 0 Å². The molecule has 2 heteroatoms. The van der Waals surface area contributed by atoms with Gasteiger partial charge in [0.25, 0.3) is 0 Å². The van der Waals surface area contributed by atoms with Crippen LogP contribution in [0.4, 0.5) is 0 Å². The fourth-order valence-electron chi connectivity index (χ4n) is 1.89. The maximum absolute atomic E-state index is 3.52. The summed E-state index contributed by atoms with van der Waals surface area (Å²) in [4.78, 5) is 2.64. The smallest absolute Gasteiger partial charge is 0.0216 e. The Hall–Kier alpha value is -1.25. The van der Waals surface area contributed by atoms with Gasteiger partial charge in [-0.2, -0.15) is 0 Å². The van der Waals surface area contributed by atoms with Crippen LogP contribution in [0.25, 0.3) is 0 Å². The minimum Gasteiger partial charge on any atom is -0.313 e. The van der Waals surface area contributed by atoms with E-state index in [0.29, 0.717) is 0 Å². The van der Waals surface area contributed by atoms with E-state index in [4.69, 9.17) is 0 Å². The van der Waals surface area contributed by atoms with Crippen LogP contribution in [0.1, 0.15) is 25.3 Å². The predicted molar refractivity (Wildman–Crippen MR) is 83.6 cm³/mol. The molecule has 19 heavy (non-hydrogen) atoms. The van der Waals surface area contributed by atoms with Crippen LogP contribution in [0.15, 0.2) is 64.4 Å². The molecule has 0 unspecified atom stereocenters. The van der Waals surface area contributed by atoms with Crippen LogP contribution >= 0.6 is 11.8 Å².